The predicted molar refractivity (Wildman–Crippen MR) is 146 cm³/mol. The molecule has 0 atom stereocenters. The van der Waals surface area contributed by atoms with E-state index in [0.717, 1.165) is 24.2 Å². The zero-order valence-electron chi connectivity index (χ0n) is 21.3. The van der Waals surface area contributed by atoms with Crippen LogP contribution in [0.25, 0.3) is 16.9 Å². The van der Waals surface area contributed by atoms with Crippen LogP contribution in [0.3, 0.4) is 0 Å². The molecule has 12 nitrogen and oxygen atoms in total. The van der Waals surface area contributed by atoms with Crippen LogP contribution in [-0.2, 0) is 4.79 Å². The highest BCUT2D eigenvalue weighted by Gasteiger charge is 2.17. The first kappa shape index (κ1) is 25.4. The fourth-order valence-electron chi connectivity index (χ4n) is 3.69. The molecule has 3 heterocycles. The molecule has 1 amide bonds. The smallest absolute Gasteiger partial charge is 0.247 e. The Kier molecular flexibility index (Phi) is 7.49. The standard InChI is InChI=1S/C25H30N10O2/c1-6-22(36)29-17-14-18(20(37-5)15-19(17)34(4)13-12-33(2)3)30-25-28-11-9-21(31-25)35-24-16(23(26)32-35)8-7-10-27-24/h6-11,14-15H,1,12-13H2,2-5H3,(H2,26,32)(H,29,36)(H,28,30,31). The maximum absolute atomic E-state index is 12.2. The lowest BCUT2D eigenvalue weighted by molar-refractivity contribution is -0.111. The van der Waals surface area contributed by atoms with E-state index < -0.39 is 0 Å². The molecule has 37 heavy (non-hydrogen) atoms. The van der Waals surface area contributed by atoms with Crippen LogP contribution >= 0.6 is 0 Å². The fraction of sp³-hybridized carbons (Fsp3) is 0.240. The molecule has 0 bridgehead atoms. The Bertz CT molecular complexity index is 1430. The summed E-state index contributed by atoms with van der Waals surface area (Å²) in [5.74, 6) is 1.36. The Labute approximate surface area is 214 Å². The van der Waals surface area contributed by atoms with Gasteiger partial charge >= 0.3 is 0 Å². The summed E-state index contributed by atoms with van der Waals surface area (Å²) >= 11 is 0. The number of nitrogens with one attached hydrogen (secondary N) is 2. The van der Waals surface area contributed by atoms with Crippen LogP contribution in [0.4, 0.5) is 28.8 Å². The minimum Gasteiger partial charge on any atom is -0.494 e. The van der Waals surface area contributed by atoms with E-state index in [1.165, 1.54) is 6.08 Å². The number of anilines is 5. The van der Waals surface area contributed by atoms with Crippen LogP contribution in [0.2, 0.25) is 0 Å². The first-order valence-electron chi connectivity index (χ1n) is 11.5. The number of hydrogen-bond acceptors (Lipinski definition) is 10. The second-order valence-electron chi connectivity index (χ2n) is 8.52. The van der Waals surface area contributed by atoms with Gasteiger partial charge in [0.1, 0.15) is 5.75 Å². The maximum atomic E-state index is 12.2. The molecule has 0 fully saturated rings. The van der Waals surface area contributed by atoms with Gasteiger partial charge in [-0.05, 0) is 38.4 Å². The zero-order valence-corrected chi connectivity index (χ0v) is 21.3. The molecule has 1 aromatic carbocycles. The number of carbonyl (C=O) groups excluding carboxylic acids is 1. The number of nitrogen functional groups attached to an aromatic ring is 1. The van der Waals surface area contributed by atoms with Crippen molar-refractivity contribution in [2.24, 2.45) is 0 Å². The van der Waals surface area contributed by atoms with Crippen molar-refractivity contribution in [2.75, 3.05) is 62.6 Å². The van der Waals surface area contributed by atoms with Gasteiger partial charge in [0, 0.05) is 44.7 Å². The number of fused-ring (bicyclic) bond motifs is 1. The molecule has 0 spiro atoms. The number of nitrogens with two attached hydrogens (primary N) is 1. The van der Waals surface area contributed by atoms with Crippen molar-refractivity contribution in [1.82, 2.24) is 29.6 Å². The highest BCUT2D eigenvalue weighted by Crippen LogP contribution is 2.38. The Balaban J connectivity index is 1.71. The zero-order chi connectivity index (χ0) is 26.5. The molecule has 192 valence electrons. The van der Waals surface area contributed by atoms with Crippen molar-refractivity contribution in [3.63, 3.8) is 0 Å². The third kappa shape index (κ3) is 5.59. The van der Waals surface area contributed by atoms with Gasteiger partial charge in [-0.3, -0.25) is 4.79 Å². The first-order chi connectivity index (χ1) is 17.8. The van der Waals surface area contributed by atoms with Gasteiger partial charge in [-0.25, -0.2) is 9.97 Å². The van der Waals surface area contributed by atoms with Gasteiger partial charge in [0.2, 0.25) is 11.9 Å². The monoisotopic (exact) mass is 502 g/mol. The second-order valence-corrected chi connectivity index (χ2v) is 8.52. The minimum absolute atomic E-state index is 0.295. The summed E-state index contributed by atoms with van der Waals surface area (Å²) in [6.07, 6.45) is 4.50. The molecule has 12 heteroatoms. The van der Waals surface area contributed by atoms with E-state index >= 15 is 0 Å². The average Bonchev–Trinajstić information content (AvgIpc) is 3.24. The summed E-state index contributed by atoms with van der Waals surface area (Å²) in [4.78, 5) is 29.7. The molecular weight excluding hydrogens is 472 g/mol. The van der Waals surface area contributed by atoms with Gasteiger partial charge < -0.3 is 30.9 Å². The van der Waals surface area contributed by atoms with Gasteiger partial charge in [0.25, 0.3) is 0 Å². The number of amides is 1. The Morgan fingerprint density at radius 3 is 2.70 bits per heavy atom. The summed E-state index contributed by atoms with van der Waals surface area (Å²) in [5.41, 5.74) is 8.58. The highest BCUT2D eigenvalue weighted by molar-refractivity contribution is 6.02. The molecule has 3 aromatic heterocycles. The van der Waals surface area contributed by atoms with Gasteiger partial charge in [0.15, 0.2) is 17.3 Å². The van der Waals surface area contributed by atoms with E-state index in [4.69, 9.17) is 10.5 Å². The average molecular weight is 503 g/mol. The molecule has 0 aliphatic rings. The number of pyridine rings is 1. The van der Waals surface area contributed by atoms with Crippen LogP contribution in [0, 0.1) is 0 Å². The van der Waals surface area contributed by atoms with Crippen LogP contribution in [0.5, 0.6) is 5.75 Å². The molecule has 4 N–H and O–H groups in total. The lowest BCUT2D eigenvalue weighted by Gasteiger charge is -2.26. The van der Waals surface area contributed by atoms with E-state index in [0.29, 0.717) is 40.4 Å². The fourth-order valence-corrected chi connectivity index (χ4v) is 3.69. The molecule has 0 aliphatic heterocycles. The lowest BCUT2D eigenvalue weighted by atomic mass is 10.2. The number of benzene rings is 1. The van der Waals surface area contributed by atoms with Gasteiger partial charge in [-0.1, -0.05) is 6.58 Å². The number of rotatable bonds is 10. The van der Waals surface area contributed by atoms with Crippen LogP contribution < -0.4 is 26.0 Å². The second kappa shape index (κ2) is 10.9. The number of hydrogen-bond donors (Lipinski definition) is 3. The molecule has 4 rings (SSSR count). The maximum Gasteiger partial charge on any atom is 0.247 e. The van der Waals surface area contributed by atoms with Crippen LogP contribution in [0.15, 0.2) is 55.4 Å². The number of ether oxygens (including phenoxy) is 1. The van der Waals surface area contributed by atoms with Crippen molar-refractivity contribution in [3.8, 4) is 11.6 Å². The summed E-state index contributed by atoms with van der Waals surface area (Å²) in [7, 11) is 7.54. The van der Waals surface area contributed by atoms with Gasteiger partial charge in [-0.15, -0.1) is 5.10 Å². The topological polar surface area (TPSA) is 139 Å². The SMILES string of the molecule is C=CC(=O)Nc1cc(Nc2nccc(-n3nc(N)c4cccnc43)n2)c(OC)cc1N(C)CCN(C)C. The molecular formula is C25H30N10O2. The third-order valence-corrected chi connectivity index (χ3v) is 5.63. The third-order valence-electron chi connectivity index (χ3n) is 5.63. The molecule has 0 aliphatic carbocycles. The van der Waals surface area contributed by atoms with E-state index in [2.05, 4.69) is 42.2 Å². The van der Waals surface area contributed by atoms with Gasteiger partial charge in [0.05, 0.1) is 29.6 Å². The van der Waals surface area contributed by atoms with Crippen molar-refractivity contribution in [3.05, 3.63) is 55.4 Å². The Morgan fingerprint density at radius 2 is 1.97 bits per heavy atom. The van der Waals surface area contributed by atoms with Crippen LogP contribution in [0.1, 0.15) is 0 Å². The largest absolute Gasteiger partial charge is 0.494 e. The highest BCUT2D eigenvalue weighted by atomic mass is 16.5. The van der Waals surface area contributed by atoms with E-state index in [1.54, 1.807) is 42.4 Å². The first-order valence-corrected chi connectivity index (χ1v) is 11.5. The van der Waals surface area contributed by atoms with E-state index in [9.17, 15) is 4.79 Å². The molecule has 0 saturated carbocycles. The number of nitrogens with zero attached hydrogens (tertiary/aromatic N) is 7. The summed E-state index contributed by atoms with van der Waals surface area (Å²) in [5, 5.41) is 11.2. The van der Waals surface area contributed by atoms with Crippen LogP contribution in [-0.4, -0.2) is 76.9 Å². The number of methoxy groups -OCH3 is 1. The van der Waals surface area contributed by atoms with Crippen molar-refractivity contribution < 1.29 is 9.53 Å². The van der Waals surface area contributed by atoms with E-state index in [-0.39, 0.29) is 5.91 Å². The van der Waals surface area contributed by atoms with Crippen molar-refractivity contribution in [2.45, 2.75) is 0 Å². The molecule has 0 radical (unpaired) electrons. The van der Waals surface area contributed by atoms with E-state index in [1.807, 2.05) is 38.2 Å². The lowest BCUT2D eigenvalue weighted by Crippen LogP contribution is -2.29. The normalized spacial score (nSPS) is 10.9. The Hall–Kier alpha value is -4.71. The van der Waals surface area contributed by atoms with Crippen molar-refractivity contribution in [1.29, 1.82) is 0 Å². The Morgan fingerprint density at radius 1 is 1.16 bits per heavy atom. The molecule has 4 aromatic rings. The minimum atomic E-state index is -0.327. The van der Waals surface area contributed by atoms with Crippen molar-refractivity contribution >= 4 is 45.8 Å². The number of aromatic nitrogens is 5. The summed E-state index contributed by atoms with van der Waals surface area (Å²) < 4.78 is 7.23. The summed E-state index contributed by atoms with van der Waals surface area (Å²) in [6.45, 7) is 5.13. The quantitative estimate of drug-likeness (QED) is 0.277. The molecule has 0 saturated heterocycles. The number of carbonyl (C=O) groups is 1. The number of likely N-dealkylation sites (N-methyl/N-ethyl adjacent to an activating group) is 2. The summed E-state index contributed by atoms with van der Waals surface area (Å²) in [6, 6.07) is 8.99. The van der Waals surface area contributed by atoms with Gasteiger partial charge in [-0.2, -0.15) is 9.67 Å². The molecule has 0 unspecified atom stereocenters. The predicted octanol–water partition coefficient (Wildman–Crippen LogP) is 2.67.